The van der Waals surface area contributed by atoms with E-state index in [9.17, 15) is 39.0 Å². The average molecular weight is 512 g/mol. The average Bonchev–Trinajstić information content (AvgIpc) is 3.31. The zero-order chi connectivity index (χ0) is 27.4. The van der Waals surface area contributed by atoms with Crippen LogP contribution in [-0.2, 0) is 35.2 Å². The van der Waals surface area contributed by atoms with Gasteiger partial charge in [-0.05, 0) is 12.3 Å². The molecule has 0 radical (unpaired) electrons. The van der Waals surface area contributed by atoms with Crippen molar-refractivity contribution in [1.29, 1.82) is 0 Å². The van der Waals surface area contributed by atoms with Crippen LogP contribution in [-0.4, -0.2) is 79.9 Å². The summed E-state index contributed by atoms with van der Waals surface area (Å²) in [6, 6.07) is -5.38. The van der Waals surface area contributed by atoms with Gasteiger partial charge < -0.3 is 42.6 Å². The summed E-state index contributed by atoms with van der Waals surface area (Å²) in [5.74, 6) is -6.53. The van der Waals surface area contributed by atoms with Gasteiger partial charge in [-0.1, -0.05) is 20.3 Å². The standard InChI is InChI=1S/C21H33N7O8/c1-3-10(2)17(28-18(32)12(22)4-5-15(23)29)20(34)26-13(7-16(30)31)19(33)27-14(21(35)36)6-11-8-24-9-25-11/h8-10,12-14,17H,3-7,22H2,1-2H3,(H2,23,29)(H,24,25)(H,26,34)(H,27,33)(H,28,32)(H,30,31)(H,35,36). The molecule has 0 saturated heterocycles. The molecule has 0 aromatic carbocycles. The minimum Gasteiger partial charge on any atom is -0.481 e. The molecule has 1 rings (SSSR count). The number of aliphatic carboxylic acids is 2. The van der Waals surface area contributed by atoms with E-state index in [-0.39, 0.29) is 19.3 Å². The Kier molecular flexibility index (Phi) is 12.0. The highest BCUT2D eigenvalue weighted by molar-refractivity contribution is 5.95. The third-order valence-corrected chi connectivity index (χ3v) is 5.44. The fourth-order valence-corrected chi connectivity index (χ4v) is 3.13. The second kappa shape index (κ2) is 14.4. The molecule has 0 aliphatic rings. The number of aromatic nitrogens is 2. The van der Waals surface area contributed by atoms with Crippen LogP contribution >= 0.6 is 0 Å². The summed E-state index contributed by atoms with van der Waals surface area (Å²) in [5.41, 5.74) is 11.2. The number of carboxylic acid groups (broad SMARTS) is 2. The van der Waals surface area contributed by atoms with Gasteiger partial charge in [0, 0.05) is 24.7 Å². The number of nitrogens with zero attached hydrogens (tertiary/aromatic N) is 1. The minimum absolute atomic E-state index is 0.0486. The van der Waals surface area contributed by atoms with Crippen LogP contribution in [0.2, 0.25) is 0 Å². The van der Waals surface area contributed by atoms with Gasteiger partial charge in [0.15, 0.2) is 0 Å². The summed E-state index contributed by atoms with van der Waals surface area (Å²) >= 11 is 0. The lowest BCUT2D eigenvalue weighted by molar-refractivity contribution is -0.143. The molecule has 15 nitrogen and oxygen atoms in total. The van der Waals surface area contributed by atoms with Crippen molar-refractivity contribution >= 4 is 35.6 Å². The summed E-state index contributed by atoms with van der Waals surface area (Å²) in [7, 11) is 0. The highest BCUT2D eigenvalue weighted by Gasteiger charge is 2.33. The van der Waals surface area contributed by atoms with E-state index in [2.05, 4.69) is 25.9 Å². The van der Waals surface area contributed by atoms with Crippen LogP contribution in [0.25, 0.3) is 0 Å². The lowest BCUT2D eigenvalue weighted by Crippen LogP contribution is -2.59. The second-order valence-corrected chi connectivity index (χ2v) is 8.32. The number of nitrogens with one attached hydrogen (secondary N) is 4. The lowest BCUT2D eigenvalue weighted by atomic mass is 9.97. The van der Waals surface area contributed by atoms with Gasteiger partial charge in [-0.25, -0.2) is 9.78 Å². The molecule has 1 heterocycles. The maximum absolute atomic E-state index is 13.0. The van der Waals surface area contributed by atoms with E-state index >= 15 is 0 Å². The molecule has 5 unspecified atom stereocenters. The third kappa shape index (κ3) is 10.1. The maximum Gasteiger partial charge on any atom is 0.326 e. The van der Waals surface area contributed by atoms with Crippen LogP contribution in [0.4, 0.5) is 0 Å². The molecular formula is C21H33N7O8. The van der Waals surface area contributed by atoms with E-state index < -0.39 is 72.1 Å². The van der Waals surface area contributed by atoms with E-state index in [1.165, 1.54) is 12.5 Å². The molecular weight excluding hydrogens is 478 g/mol. The molecule has 10 N–H and O–H groups in total. The molecule has 1 aromatic heterocycles. The molecule has 0 spiro atoms. The largest absolute Gasteiger partial charge is 0.481 e. The molecule has 5 atom stereocenters. The Hall–Kier alpha value is -4.01. The first-order chi connectivity index (χ1) is 16.8. The van der Waals surface area contributed by atoms with Crippen LogP contribution in [0.1, 0.15) is 45.2 Å². The van der Waals surface area contributed by atoms with Crippen molar-refractivity contribution in [2.75, 3.05) is 0 Å². The number of hydrogen-bond acceptors (Lipinski definition) is 8. The van der Waals surface area contributed by atoms with Crippen molar-refractivity contribution < 1.29 is 39.0 Å². The number of carbonyl (C=O) groups is 6. The Balaban J connectivity index is 2.99. The van der Waals surface area contributed by atoms with Crippen LogP contribution in [0, 0.1) is 5.92 Å². The van der Waals surface area contributed by atoms with Crippen LogP contribution < -0.4 is 27.4 Å². The summed E-state index contributed by atoms with van der Waals surface area (Å²) < 4.78 is 0. The van der Waals surface area contributed by atoms with E-state index in [4.69, 9.17) is 11.5 Å². The minimum atomic E-state index is -1.63. The van der Waals surface area contributed by atoms with Gasteiger partial charge in [0.05, 0.1) is 18.8 Å². The van der Waals surface area contributed by atoms with E-state index in [0.717, 1.165) is 0 Å². The summed E-state index contributed by atoms with van der Waals surface area (Å²) in [4.78, 5) is 78.6. The molecule has 0 aliphatic heterocycles. The number of hydrogen-bond donors (Lipinski definition) is 8. The number of carboxylic acids is 2. The van der Waals surface area contributed by atoms with Crippen molar-refractivity contribution in [2.45, 2.75) is 70.1 Å². The van der Waals surface area contributed by atoms with Gasteiger partial charge >= 0.3 is 11.9 Å². The number of amides is 4. The predicted octanol–water partition coefficient (Wildman–Crippen LogP) is -2.40. The normalized spacial score (nSPS) is 15.0. The Morgan fingerprint density at radius 3 is 2.17 bits per heavy atom. The van der Waals surface area contributed by atoms with Crippen LogP contribution in [0.5, 0.6) is 0 Å². The highest BCUT2D eigenvalue weighted by atomic mass is 16.4. The Labute approximate surface area is 206 Å². The molecule has 4 amide bonds. The number of rotatable bonds is 16. The number of aromatic amines is 1. The van der Waals surface area contributed by atoms with Crippen molar-refractivity contribution in [3.05, 3.63) is 18.2 Å². The Morgan fingerprint density at radius 1 is 1.03 bits per heavy atom. The zero-order valence-electron chi connectivity index (χ0n) is 20.0. The van der Waals surface area contributed by atoms with Crippen molar-refractivity contribution in [2.24, 2.45) is 17.4 Å². The van der Waals surface area contributed by atoms with Gasteiger partial charge in [-0.15, -0.1) is 0 Å². The number of primary amides is 1. The van der Waals surface area contributed by atoms with Crippen molar-refractivity contribution in [3.8, 4) is 0 Å². The third-order valence-electron chi connectivity index (χ3n) is 5.44. The quantitative estimate of drug-likeness (QED) is 0.117. The summed E-state index contributed by atoms with van der Waals surface area (Å²) in [5, 5.41) is 25.6. The highest BCUT2D eigenvalue weighted by Crippen LogP contribution is 2.10. The van der Waals surface area contributed by atoms with E-state index in [0.29, 0.717) is 12.1 Å². The SMILES string of the molecule is CCC(C)C(NC(=O)C(N)CCC(N)=O)C(=O)NC(CC(=O)O)C(=O)NC(Cc1cnc[nH]1)C(=O)O. The summed E-state index contributed by atoms with van der Waals surface area (Å²) in [6.07, 6.45) is 1.93. The Bertz CT molecular complexity index is 937. The molecule has 15 heteroatoms. The van der Waals surface area contributed by atoms with Crippen LogP contribution in [0.3, 0.4) is 0 Å². The van der Waals surface area contributed by atoms with Crippen molar-refractivity contribution in [3.63, 3.8) is 0 Å². The molecule has 1 aromatic rings. The topological polar surface area (TPSA) is 260 Å². The lowest BCUT2D eigenvalue weighted by Gasteiger charge is -2.27. The van der Waals surface area contributed by atoms with Gasteiger partial charge in [0.25, 0.3) is 0 Å². The van der Waals surface area contributed by atoms with Crippen LogP contribution in [0.15, 0.2) is 12.5 Å². The maximum atomic E-state index is 13.0. The van der Waals surface area contributed by atoms with Gasteiger partial charge in [0.2, 0.25) is 23.6 Å². The first kappa shape index (κ1) is 30.0. The number of nitrogens with two attached hydrogens (primary N) is 2. The Morgan fingerprint density at radius 2 is 1.67 bits per heavy atom. The molecule has 0 saturated carbocycles. The number of H-pyrrole nitrogens is 1. The first-order valence-electron chi connectivity index (χ1n) is 11.2. The van der Waals surface area contributed by atoms with Gasteiger partial charge in [0.1, 0.15) is 18.1 Å². The molecule has 0 fully saturated rings. The fraction of sp³-hybridized carbons (Fsp3) is 0.571. The van der Waals surface area contributed by atoms with Gasteiger partial charge in [-0.2, -0.15) is 0 Å². The second-order valence-electron chi connectivity index (χ2n) is 8.32. The van der Waals surface area contributed by atoms with E-state index in [1.807, 2.05) is 0 Å². The fourth-order valence-electron chi connectivity index (χ4n) is 3.13. The van der Waals surface area contributed by atoms with Gasteiger partial charge in [-0.3, -0.25) is 24.0 Å². The monoisotopic (exact) mass is 511 g/mol. The number of carbonyl (C=O) groups excluding carboxylic acids is 4. The molecule has 0 aliphatic carbocycles. The molecule has 200 valence electrons. The zero-order valence-corrected chi connectivity index (χ0v) is 20.0. The number of imidazole rings is 1. The van der Waals surface area contributed by atoms with E-state index in [1.54, 1.807) is 13.8 Å². The van der Waals surface area contributed by atoms with Crippen molar-refractivity contribution in [1.82, 2.24) is 25.9 Å². The molecule has 0 bridgehead atoms. The first-order valence-corrected chi connectivity index (χ1v) is 11.2. The smallest absolute Gasteiger partial charge is 0.326 e. The summed E-state index contributed by atoms with van der Waals surface area (Å²) in [6.45, 7) is 3.40. The molecule has 36 heavy (non-hydrogen) atoms. The predicted molar refractivity (Wildman–Crippen MR) is 124 cm³/mol.